The van der Waals surface area contributed by atoms with Gasteiger partial charge in [0.25, 0.3) is 5.91 Å². The van der Waals surface area contributed by atoms with Crippen molar-refractivity contribution >= 4 is 21.8 Å². The number of amides is 1. The van der Waals surface area contributed by atoms with Gasteiger partial charge in [0.1, 0.15) is 5.75 Å². The summed E-state index contributed by atoms with van der Waals surface area (Å²) in [5.41, 5.74) is 7.10. The van der Waals surface area contributed by atoms with Gasteiger partial charge in [-0.3, -0.25) is 4.79 Å². The van der Waals surface area contributed by atoms with Crippen molar-refractivity contribution in [3.05, 3.63) is 28.2 Å². The van der Waals surface area contributed by atoms with E-state index in [1.54, 1.807) is 6.92 Å². The zero-order chi connectivity index (χ0) is 15.8. The molecule has 0 bridgehead atoms. The predicted octanol–water partition coefficient (Wildman–Crippen LogP) is 3.02. The summed E-state index contributed by atoms with van der Waals surface area (Å²) < 4.78 is 6.73. The molecule has 0 saturated heterocycles. The molecule has 0 aliphatic carbocycles. The lowest BCUT2D eigenvalue weighted by molar-refractivity contribution is -0.127. The number of carbonyl (C=O) groups excluding carboxylic acids is 1. The van der Waals surface area contributed by atoms with Crippen molar-refractivity contribution < 1.29 is 9.53 Å². The van der Waals surface area contributed by atoms with E-state index in [1.165, 1.54) is 0 Å². The van der Waals surface area contributed by atoms with Crippen molar-refractivity contribution in [3.63, 3.8) is 0 Å². The summed E-state index contributed by atoms with van der Waals surface area (Å²) in [5.74, 6) is 0.599. The summed E-state index contributed by atoms with van der Waals surface area (Å²) in [6, 6.07) is 5.86. The maximum atomic E-state index is 11.8. The van der Waals surface area contributed by atoms with Crippen LogP contribution in [-0.4, -0.2) is 24.6 Å². The van der Waals surface area contributed by atoms with Crippen molar-refractivity contribution in [2.75, 3.05) is 6.54 Å². The molecule has 2 unspecified atom stereocenters. The number of nitrogens with one attached hydrogen (secondary N) is 1. The summed E-state index contributed by atoms with van der Waals surface area (Å²) in [7, 11) is 0. The third kappa shape index (κ3) is 6.06. The van der Waals surface area contributed by atoms with E-state index in [2.05, 4.69) is 28.2 Å². The summed E-state index contributed by atoms with van der Waals surface area (Å²) in [6.07, 6.45) is 2.11. The largest absolute Gasteiger partial charge is 0.481 e. The van der Waals surface area contributed by atoms with Crippen molar-refractivity contribution in [2.24, 2.45) is 5.73 Å². The van der Waals surface area contributed by atoms with Gasteiger partial charge in [-0.25, -0.2) is 0 Å². The summed E-state index contributed by atoms with van der Waals surface area (Å²) >= 11 is 3.53. The van der Waals surface area contributed by atoms with Crippen LogP contribution in [0.25, 0.3) is 0 Å². The highest BCUT2D eigenvalue weighted by Gasteiger charge is 2.15. The minimum absolute atomic E-state index is 0.0911. The zero-order valence-corrected chi connectivity index (χ0v) is 14.6. The average molecular weight is 357 g/mol. The Morgan fingerprint density at radius 3 is 2.76 bits per heavy atom. The summed E-state index contributed by atoms with van der Waals surface area (Å²) in [5, 5.41) is 2.83. The van der Waals surface area contributed by atoms with E-state index >= 15 is 0 Å². The molecule has 1 amide bonds. The molecule has 0 aliphatic heterocycles. The van der Waals surface area contributed by atoms with Crippen LogP contribution < -0.4 is 15.8 Å². The molecule has 2 atom stereocenters. The quantitative estimate of drug-likeness (QED) is 0.752. The molecule has 0 saturated carbocycles. The van der Waals surface area contributed by atoms with Crippen LogP contribution in [0.2, 0.25) is 0 Å². The van der Waals surface area contributed by atoms with Gasteiger partial charge in [0, 0.05) is 17.1 Å². The van der Waals surface area contributed by atoms with Gasteiger partial charge in [-0.15, -0.1) is 0 Å². The number of carbonyl (C=O) groups is 1. The van der Waals surface area contributed by atoms with Crippen molar-refractivity contribution in [2.45, 2.75) is 52.2 Å². The molecule has 0 radical (unpaired) electrons. The number of rotatable bonds is 8. The Labute approximate surface area is 135 Å². The van der Waals surface area contributed by atoms with E-state index in [0.717, 1.165) is 29.3 Å². The van der Waals surface area contributed by atoms with Crippen LogP contribution in [0.3, 0.4) is 0 Å². The Bertz CT molecular complexity index is 466. The highest BCUT2D eigenvalue weighted by Crippen LogP contribution is 2.24. The lowest BCUT2D eigenvalue weighted by Gasteiger charge is -2.16. The Morgan fingerprint density at radius 2 is 2.14 bits per heavy atom. The Hall–Kier alpha value is -1.07. The fourth-order valence-electron chi connectivity index (χ4n) is 1.86. The summed E-state index contributed by atoms with van der Waals surface area (Å²) in [4.78, 5) is 11.8. The first-order valence-corrected chi connectivity index (χ1v) is 8.25. The normalized spacial score (nSPS) is 13.6. The highest BCUT2D eigenvalue weighted by molar-refractivity contribution is 9.10. The van der Waals surface area contributed by atoms with E-state index in [-0.39, 0.29) is 11.9 Å². The molecule has 0 aliphatic rings. The fourth-order valence-corrected chi connectivity index (χ4v) is 2.27. The molecule has 0 heterocycles. The number of benzene rings is 1. The van der Waals surface area contributed by atoms with E-state index in [4.69, 9.17) is 10.5 Å². The monoisotopic (exact) mass is 356 g/mol. The molecule has 4 nitrogen and oxygen atoms in total. The van der Waals surface area contributed by atoms with Crippen LogP contribution in [-0.2, 0) is 11.2 Å². The fraction of sp³-hybridized carbons (Fsp3) is 0.562. The maximum absolute atomic E-state index is 11.8. The minimum atomic E-state index is -0.509. The smallest absolute Gasteiger partial charge is 0.260 e. The zero-order valence-electron chi connectivity index (χ0n) is 13.0. The van der Waals surface area contributed by atoms with Crippen molar-refractivity contribution in [3.8, 4) is 5.75 Å². The van der Waals surface area contributed by atoms with Crippen molar-refractivity contribution in [1.29, 1.82) is 0 Å². The second-order valence-corrected chi connectivity index (χ2v) is 6.03. The lowest BCUT2D eigenvalue weighted by atomic mass is 10.0. The first-order valence-electron chi connectivity index (χ1n) is 7.46. The number of nitrogens with two attached hydrogens (primary N) is 1. The van der Waals surface area contributed by atoms with Crippen molar-refractivity contribution in [1.82, 2.24) is 5.32 Å². The molecule has 1 rings (SSSR count). The standard InChI is InChI=1S/C16H25BrN2O2/c1-4-8-19-16(20)11(3)21-14-6-7-15(17)12(10-14)9-13(18)5-2/h6-7,10-11,13H,4-5,8-9,18H2,1-3H3,(H,19,20). The van der Waals surface area contributed by atoms with Crippen LogP contribution in [0.5, 0.6) is 5.75 Å². The second-order valence-electron chi connectivity index (χ2n) is 5.18. The average Bonchev–Trinajstić information content (AvgIpc) is 2.47. The lowest BCUT2D eigenvalue weighted by Crippen LogP contribution is -2.36. The SMILES string of the molecule is CCCNC(=O)C(C)Oc1ccc(Br)c(CC(N)CC)c1. The third-order valence-corrected chi connectivity index (χ3v) is 4.03. The second kappa shape index (κ2) is 9.05. The topological polar surface area (TPSA) is 64.3 Å². The van der Waals surface area contributed by atoms with Gasteiger partial charge in [-0.05, 0) is 49.9 Å². The van der Waals surface area contributed by atoms with Gasteiger partial charge >= 0.3 is 0 Å². The van der Waals surface area contributed by atoms with E-state index in [9.17, 15) is 4.79 Å². The Kier molecular flexibility index (Phi) is 7.75. The molecule has 1 aromatic carbocycles. The molecule has 5 heteroatoms. The highest BCUT2D eigenvalue weighted by atomic mass is 79.9. The van der Waals surface area contributed by atoms with Crippen LogP contribution in [0.4, 0.5) is 0 Å². The molecule has 118 valence electrons. The van der Waals surface area contributed by atoms with Crippen LogP contribution in [0, 0.1) is 0 Å². The molecular formula is C16H25BrN2O2. The van der Waals surface area contributed by atoms with Gasteiger partial charge in [0.05, 0.1) is 0 Å². The van der Waals surface area contributed by atoms with E-state index in [0.29, 0.717) is 12.3 Å². The van der Waals surface area contributed by atoms with Crippen LogP contribution in [0.1, 0.15) is 39.2 Å². The number of ether oxygens (including phenoxy) is 1. The van der Waals surface area contributed by atoms with Gasteiger partial charge in [0.2, 0.25) is 0 Å². The third-order valence-electron chi connectivity index (χ3n) is 3.25. The molecule has 1 aromatic rings. The van der Waals surface area contributed by atoms with Gasteiger partial charge < -0.3 is 15.8 Å². The number of hydrogen-bond donors (Lipinski definition) is 2. The van der Waals surface area contributed by atoms with E-state index in [1.807, 2.05) is 25.1 Å². The molecule has 3 N–H and O–H groups in total. The number of hydrogen-bond acceptors (Lipinski definition) is 3. The first-order chi connectivity index (χ1) is 9.97. The number of halogens is 1. The molecule has 0 spiro atoms. The van der Waals surface area contributed by atoms with Gasteiger partial charge in [-0.1, -0.05) is 29.8 Å². The van der Waals surface area contributed by atoms with Crippen LogP contribution >= 0.6 is 15.9 Å². The first kappa shape index (κ1) is 18.0. The molecule has 21 heavy (non-hydrogen) atoms. The van der Waals surface area contributed by atoms with Crippen LogP contribution in [0.15, 0.2) is 22.7 Å². The molecule has 0 aromatic heterocycles. The Balaban J connectivity index is 2.71. The molecule has 0 fully saturated rings. The van der Waals surface area contributed by atoms with Gasteiger partial charge in [-0.2, -0.15) is 0 Å². The maximum Gasteiger partial charge on any atom is 0.260 e. The Morgan fingerprint density at radius 1 is 1.43 bits per heavy atom. The minimum Gasteiger partial charge on any atom is -0.481 e. The van der Waals surface area contributed by atoms with Gasteiger partial charge in [0.15, 0.2) is 6.10 Å². The molecular weight excluding hydrogens is 332 g/mol. The van der Waals surface area contributed by atoms with E-state index < -0.39 is 6.10 Å². The summed E-state index contributed by atoms with van der Waals surface area (Å²) in [6.45, 7) is 6.51. The predicted molar refractivity (Wildman–Crippen MR) is 89.5 cm³/mol.